The second kappa shape index (κ2) is 5.26. The lowest BCUT2D eigenvalue weighted by Crippen LogP contribution is -2.37. The van der Waals surface area contributed by atoms with Crippen LogP contribution in [0.25, 0.3) is 0 Å². The van der Waals surface area contributed by atoms with Gasteiger partial charge in [0, 0.05) is 25.8 Å². The molecule has 1 atom stereocenters. The standard InChI is InChI=1S/C16H16FN5O/c17-12-8-19-15(20-9-12)21-6-3-16(11-21)4-7-22(14(16)23)13-2-1-5-18-10-13/h1-2,5,8-10H,3-4,6-7,11H2/t16-/m0/s1. The maximum atomic E-state index is 13.0. The summed E-state index contributed by atoms with van der Waals surface area (Å²) in [6.07, 6.45) is 7.30. The van der Waals surface area contributed by atoms with Gasteiger partial charge in [-0.1, -0.05) is 0 Å². The van der Waals surface area contributed by atoms with Gasteiger partial charge in [-0.25, -0.2) is 14.4 Å². The minimum absolute atomic E-state index is 0.134. The van der Waals surface area contributed by atoms with E-state index in [2.05, 4.69) is 15.0 Å². The Morgan fingerprint density at radius 2 is 1.91 bits per heavy atom. The Kier molecular flexibility index (Phi) is 3.21. The van der Waals surface area contributed by atoms with Gasteiger partial charge in [-0.3, -0.25) is 9.78 Å². The van der Waals surface area contributed by atoms with Crippen molar-refractivity contribution in [2.45, 2.75) is 12.8 Å². The molecule has 0 radical (unpaired) electrons. The van der Waals surface area contributed by atoms with Crippen LogP contribution in [0.4, 0.5) is 16.0 Å². The summed E-state index contributed by atoms with van der Waals surface area (Å²) < 4.78 is 13.0. The second-order valence-electron chi connectivity index (χ2n) is 6.07. The van der Waals surface area contributed by atoms with Crippen LogP contribution in [0.3, 0.4) is 0 Å². The molecule has 4 rings (SSSR count). The molecule has 0 N–H and O–H groups in total. The molecule has 0 aliphatic carbocycles. The van der Waals surface area contributed by atoms with E-state index in [1.54, 1.807) is 12.4 Å². The topological polar surface area (TPSA) is 62.2 Å². The van der Waals surface area contributed by atoms with Crippen LogP contribution in [-0.2, 0) is 4.79 Å². The van der Waals surface area contributed by atoms with Crippen LogP contribution < -0.4 is 9.80 Å². The highest BCUT2D eigenvalue weighted by Gasteiger charge is 2.51. The van der Waals surface area contributed by atoms with Gasteiger partial charge in [0.2, 0.25) is 11.9 Å². The maximum absolute atomic E-state index is 13.0. The fourth-order valence-electron chi connectivity index (χ4n) is 3.47. The highest BCUT2D eigenvalue weighted by Crippen LogP contribution is 2.42. The predicted octanol–water partition coefficient (Wildman–Crippen LogP) is 1.64. The third-order valence-corrected chi connectivity index (χ3v) is 4.71. The Bertz CT molecular complexity index is 723. The summed E-state index contributed by atoms with van der Waals surface area (Å²) in [5.74, 6) is 0.161. The van der Waals surface area contributed by atoms with Crippen molar-refractivity contribution >= 4 is 17.5 Å². The smallest absolute Gasteiger partial charge is 0.235 e. The lowest BCUT2D eigenvalue weighted by atomic mass is 9.85. The molecule has 0 aromatic carbocycles. The van der Waals surface area contributed by atoms with E-state index in [1.165, 1.54) is 0 Å². The number of rotatable bonds is 2. The molecule has 1 amide bonds. The van der Waals surface area contributed by atoms with E-state index in [-0.39, 0.29) is 5.91 Å². The Morgan fingerprint density at radius 3 is 2.65 bits per heavy atom. The fraction of sp³-hybridized carbons (Fsp3) is 0.375. The number of pyridine rings is 1. The molecule has 7 heteroatoms. The highest BCUT2D eigenvalue weighted by molar-refractivity contribution is 6.00. The van der Waals surface area contributed by atoms with Crippen molar-refractivity contribution in [1.82, 2.24) is 15.0 Å². The minimum atomic E-state index is -0.456. The zero-order valence-electron chi connectivity index (χ0n) is 12.5. The number of carbonyl (C=O) groups excluding carboxylic acids is 1. The summed E-state index contributed by atoms with van der Waals surface area (Å²) in [6, 6.07) is 3.74. The molecular formula is C16H16FN5O. The van der Waals surface area contributed by atoms with Gasteiger partial charge in [-0.2, -0.15) is 0 Å². The fourth-order valence-corrected chi connectivity index (χ4v) is 3.47. The summed E-state index contributed by atoms with van der Waals surface area (Å²) in [4.78, 5) is 28.8. The molecule has 2 aliphatic heterocycles. The van der Waals surface area contributed by atoms with Crippen LogP contribution in [0, 0.1) is 11.2 Å². The number of carbonyl (C=O) groups is 1. The van der Waals surface area contributed by atoms with E-state index in [9.17, 15) is 9.18 Å². The van der Waals surface area contributed by atoms with Gasteiger partial charge >= 0.3 is 0 Å². The molecule has 0 unspecified atom stereocenters. The van der Waals surface area contributed by atoms with Crippen molar-refractivity contribution < 1.29 is 9.18 Å². The minimum Gasteiger partial charge on any atom is -0.340 e. The number of hydrogen-bond donors (Lipinski definition) is 0. The first-order valence-electron chi connectivity index (χ1n) is 7.62. The molecule has 6 nitrogen and oxygen atoms in total. The lowest BCUT2D eigenvalue weighted by Gasteiger charge is -2.23. The van der Waals surface area contributed by atoms with Gasteiger partial charge in [0.15, 0.2) is 5.82 Å². The molecule has 0 saturated carbocycles. The molecule has 2 fully saturated rings. The summed E-state index contributed by atoms with van der Waals surface area (Å²) in [6.45, 7) is 1.98. The van der Waals surface area contributed by atoms with Crippen LogP contribution in [0.2, 0.25) is 0 Å². The van der Waals surface area contributed by atoms with E-state index in [0.717, 1.165) is 30.9 Å². The van der Waals surface area contributed by atoms with E-state index >= 15 is 0 Å². The molecule has 2 aliphatic rings. The van der Waals surface area contributed by atoms with Crippen molar-refractivity contribution in [2.24, 2.45) is 5.41 Å². The monoisotopic (exact) mass is 313 g/mol. The third-order valence-electron chi connectivity index (χ3n) is 4.71. The van der Waals surface area contributed by atoms with E-state index < -0.39 is 11.2 Å². The van der Waals surface area contributed by atoms with Gasteiger partial charge in [0.1, 0.15) is 0 Å². The van der Waals surface area contributed by atoms with Gasteiger partial charge in [-0.15, -0.1) is 0 Å². The number of halogens is 1. The van der Waals surface area contributed by atoms with Crippen LogP contribution in [0.15, 0.2) is 36.9 Å². The van der Waals surface area contributed by atoms with Gasteiger partial charge in [-0.05, 0) is 25.0 Å². The highest BCUT2D eigenvalue weighted by atomic mass is 19.1. The zero-order valence-corrected chi connectivity index (χ0v) is 12.5. The van der Waals surface area contributed by atoms with Crippen LogP contribution >= 0.6 is 0 Å². The third kappa shape index (κ3) is 2.32. The first-order valence-corrected chi connectivity index (χ1v) is 7.62. The first kappa shape index (κ1) is 14.0. The molecular weight excluding hydrogens is 297 g/mol. The van der Waals surface area contributed by atoms with Gasteiger partial charge in [0.05, 0.1) is 29.7 Å². The van der Waals surface area contributed by atoms with Gasteiger partial charge in [0.25, 0.3) is 0 Å². The quantitative estimate of drug-likeness (QED) is 0.843. The molecule has 4 heterocycles. The van der Waals surface area contributed by atoms with Crippen LogP contribution in [0.1, 0.15) is 12.8 Å². The van der Waals surface area contributed by atoms with Gasteiger partial charge < -0.3 is 9.80 Å². The van der Waals surface area contributed by atoms with Crippen LogP contribution in [0.5, 0.6) is 0 Å². The molecule has 23 heavy (non-hydrogen) atoms. The van der Waals surface area contributed by atoms with Crippen molar-refractivity contribution in [3.63, 3.8) is 0 Å². The molecule has 2 aromatic heterocycles. The van der Waals surface area contributed by atoms with Crippen LogP contribution in [-0.4, -0.2) is 40.5 Å². The molecule has 1 spiro atoms. The Labute approximate surface area is 133 Å². The van der Waals surface area contributed by atoms with E-state index in [0.29, 0.717) is 25.6 Å². The normalized spacial score (nSPS) is 24.0. The van der Waals surface area contributed by atoms with E-state index in [1.807, 2.05) is 21.9 Å². The van der Waals surface area contributed by atoms with E-state index in [4.69, 9.17) is 0 Å². The molecule has 118 valence electrons. The number of amides is 1. The second-order valence-corrected chi connectivity index (χ2v) is 6.07. The number of anilines is 2. The lowest BCUT2D eigenvalue weighted by molar-refractivity contribution is -0.124. The van der Waals surface area contributed by atoms with Crippen molar-refractivity contribution in [1.29, 1.82) is 0 Å². The summed E-state index contributed by atoms with van der Waals surface area (Å²) in [7, 11) is 0. The van der Waals surface area contributed by atoms with Crippen molar-refractivity contribution in [3.05, 3.63) is 42.7 Å². The Balaban J connectivity index is 1.54. The van der Waals surface area contributed by atoms with Crippen molar-refractivity contribution in [2.75, 3.05) is 29.4 Å². The average Bonchev–Trinajstić information content (AvgIpc) is 3.15. The summed E-state index contributed by atoms with van der Waals surface area (Å²) in [5, 5.41) is 0. The summed E-state index contributed by atoms with van der Waals surface area (Å²) >= 11 is 0. The average molecular weight is 313 g/mol. The zero-order chi connectivity index (χ0) is 15.9. The predicted molar refractivity (Wildman–Crippen MR) is 82.5 cm³/mol. The molecule has 2 saturated heterocycles. The first-order chi connectivity index (χ1) is 11.2. The Morgan fingerprint density at radius 1 is 1.13 bits per heavy atom. The number of hydrogen-bond acceptors (Lipinski definition) is 5. The number of aromatic nitrogens is 3. The SMILES string of the molecule is O=C1N(c2cccnc2)CC[C@]12CCN(c1ncc(F)cn1)C2. The summed E-state index contributed by atoms with van der Waals surface area (Å²) in [5.41, 5.74) is 0.444. The number of nitrogens with zero attached hydrogens (tertiary/aromatic N) is 5. The molecule has 0 bridgehead atoms. The molecule has 2 aromatic rings. The Hall–Kier alpha value is -2.57. The maximum Gasteiger partial charge on any atom is 0.235 e. The van der Waals surface area contributed by atoms with Crippen molar-refractivity contribution in [3.8, 4) is 0 Å². The largest absolute Gasteiger partial charge is 0.340 e.